The maximum atomic E-state index is 11.2. The Bertz CT molecular complexity index is 286. The van der Waals surface area contributed by atoms with Crippen LogP contribution < -0.4 is 0 Å². The van der Waals surface area contributed by atoms with Crippen molar-refractivity contribution in [3.8, 4) is 0 Å². The molecule has 0 aliphatic rings. The summed E-state index contributed by atoms with van der Waals surface area (Å²) in [7, 11) is 0. The van der Waals surface area contributed by atoms with Gasteiger partial charge in [0.15, 0.2) is 0 Å². The molecule has 0 aromatic heterocycles. The predicted molar refractivity (Wildman–Crippen MR) is 70.6 cm³/mol. The molecule has 0 aliphatic heterocycles. The average molecular weight is 272 g/mol. The van der Waals surface area contributed by atoms with Gasteiger partial charge in [-0.3, -0.25) is 14.4 Å². The van der Waals surface area contributed by atoms with E-state index in [0.717, 1.165) is 19.3 Å². The standard InChI is InChI=1S/C14H24O5/c1-2-3-4-5-6-7-8-9-13(17)19-14(18)11-10-12(15)16/h2-11H2,1H3,(H,15,16). The van der Waals surface area contributed by atoms with E-state index in [4.69, 9.17) is 5.11 Å². The Balaban J connectivity index is 3.43. The molecule has 0 atom stereocenters. The number of hydrogen-bond acceptors (Lipinski definition) is 4. The van der Waals surface area contributed by atoms with Crippen LogP contribution >= 0.6 is 0 Å². The van der Waals surface area contributed by atoms with Crippen LogP contribution in [0.2, 0.25) is 0 Å². The molecule has 5 heteroatoms. The van der Waals surface area contributed by atoms with E-state index in [0.29, 0.717) is 0 Å². The van der Waals surface area contributed by atoms with Crippen LogP contribution in [0.5, 0.6) is 0 Å². The van der Waals surface area contributed by atoms with Gasteiger partial charge < -0.3 is 9.84 Å². The number of hydrogen-bond donors (Lipinski definition) is 1. The first-order valence-electron chi connectivity index (χ1n) is 7.01. The molecule has 0 spiro atoms. The first-order chi connectivity index (χ1) is 9.06. The van der Waals surface area contributed by atoms with Gasteiger partial charge >= 0.3 is 17.9 Å². The second-order valence-corrected chi connectivity index (χ2v) is 4.61. The number of carbonyl (C=O) groups is 3. The van der Waals surface area contributed by atoms with Crippen molar-refractivity contribution >= 4 is 17.9 Å². The smallest absolute Gasteiger partial charge is 0.314 e. The molecule has 0 radical (unpaired) electrons. The van der Waals surface area contributed by atoms with E-state index in [2.05, 4.69) is 11.7 Å². The van der Waals surface area contributed by atoms with Gasteiger partial charge in [-0.25, -0.2) is 0 Å². The largest absolute Gasteiger partial charge is 0.481 e. The summed E-state index contributed by atoms with van der Waals surface area (Å²) in [6.45, 7) is 2.16. The second-order valence-electron chi connectivity index (χ2n) is 4.61. The molecule has 19 heavy (non-hydrogen) atoms. The minimum absolute atomic E-state index is 0.229. The summed E-state index contributed by atoms with van der Waals surface area (Å²) in [6.07, 6.45) is 7.33. The maximum absolute atomic E-state index is 11.2. The summed E-state index contributed by atoms with van der Waals surface area (Å²) in [5, 5.41) is 8.37. The topological polar surface area (TPSA) is 80.7 Å². The molecule has 0 bridgehead atoms. The molecular weight excluding hydrogens is 248 g/mol. The van der Waals surface area contributed by atoms with Crippen molar-refractivity contribution in [2.24, 2.45) is 0 Å². The Kier molecular flexibility index (Phi) is 10.8. The summed E-state index contributed by atoms with van der Waals surface area (Å²) in [5.41, 5.74) is 0. The number of ether oxygens (including phenoxy) is 1. The molecule has 0 heterocycles. The van der Waals surface area contributed by atoms with E-state index in [9.17, 15) is 14.4 Å². The van der Waals surface area contributed by atoms with Gasteiger partial charge in [-0.2, -0.15) is 0 Å². The zero-order valence-electron chi connectivity index (χ0n) is 11.7. The summed E-state index contributed by atoms with van der Waals surface area (Å²) >= 11 is 0. The third-order valence-electron chi connectivity index (χ3n) is 2.76. The Morgan fingerprint density at radius 2 is 1.32 bits per heavy atom. The van der Waals surface area contributed by atoms with Crippen molar-refractivity contribution in [2.45, 2.75) is 71.1 Å². The maximum Gasteiger partial charge on any atom is 0.314 e. The fraction of sp³-hybridized carbons (Fsp3) is 0.786. The highest BCUT2D eigenvalue weighted by atomic mass is 16.6. The van der Waals surface area contributed by atoms with Crippen LogP contribution in [0.15, 0.2) is 0 Å². The molecule has 0 saturated heterocycles. The Morgan fingerprint density at radius 3 is 1.89 bits per heavy atom. The monoisotopic (exact) mass is 272 g/mol. The Hall–Kier alpha value is -1.39. The number of carbonyl (C=O) groups excluding carboxylic acids is 2. The van der Waals surface area contributed by atoms with Gasteiger partial charge in [0, 0.05) is 6.42 Å². The van der Waals surface area contributed by atoms with Crippen LogP contribution in [0.1, 0.15) is 71.1 Å². The third kappa shape index (κ3) is 12.9. The molecular formula is C14H24O5. The zero-order valence-corrected chi connectivity index (χ0v) is 11.7. The molecule has 0 aliphatic carbocycles. The van der Waals surface area contributed by atoms with Crippen LogP contribution in [0.25, 0.3) is 0 Å². The van der Waals surface area contributed by atoms with Crippen molar-refractivity contribution in [3.05, 3.63) is 0 Å². The van der Waals surface area contributed by atoms with Crippen LogP contribution in [0, 0.1) is 0 Å². The minimum Gasteiger partial charge on any atom is -0.481 e. The lowest BCUT2D eigenvalue weighted by molar-refractivity contribution is -0.161. The van der Waals surface area contributed by atoms with E-state index in [1.165, 1.54) is 25.7 Å². The van der Waals surface area contributed by atoms with E-state index in [1.807, 2.05) is 0 Å². The quantitative estimate of drug-likeness (QED) is 0.355. The predicted octanol–water partition coefficient (Wildman–Crippen LogP) is 3.06. The van der Waals surface area contributed by atoms with Crippen molar-refractivity contribution in [1.29, 1.82) is 0 Å². The third-order valence-corrected chi connectivity index (χ3v) is 2.76. The number of esters is 2. The molecule has 1 N–H and O–H groups in total. The highest BCUT2D eigenvalue weighted by Crippen LogP contribution is 2.09. The molecule has 0 amide bonds. The van der Waals surface area contributed by atoms with E-state index in [-0.39, 0.29) is 19.3 Å². The van der Waals surface area contributed by atoms with Gasteiger partial charge in [-0.05, 0) is 6.42 Å². The first kappa shape index (κ1) is 17.6. The Labute approximate surface area is 114 Å². The number of unbranched alkanes of at least 4 members (excludes halogenated alkanes) is 6. The lowest BCUT2D eigenvalue weighted by Gasteiger charge is -2.02. The molecule has 110 valence electrons. The van der Waals surface area contributed by atoms with E-state index in [1.54, 1.807) is 0 Å². The van der Waals surface area contributed by atoms with Crippen molar-refractivity contribution in [3.63, 3.8) is 0 Å². The number of rotatable bonds is 11. The summed E-state index contributed by atoms with van der Waals surface area (Å²) in [4.78, 5) is 32.5. The van der Waals surface area contributed by atoms with Gasteiger partial charge in [0.05, 0.1) is 12.8 Å². The molecule has 0 rings (SSSR count). The van der Waals surface area contributed by atoms with Crippen LogP contribution in [0.4, 0.5) is 0 Å². The number of carboxylic acids is 1. The summed E-state index contributed by atoms with van der Waals surface area (Å²) in [5.74, 6) is -2.38. The normalized spacial score (nSPS) is 10.2. The molecule has 0 aromatic carbocycles. The highest BCUT2D eigenvalue weighted by Gasteiger charge is 2.11. The molecule has 0 unspecified atom stereocenters. The summed E-state index contributed by atoms with van der Waals surface area (Å²) in [6, 6.07) is 0. The van der Waals surface area contributed by atoms with Crippen LogP contribution in [0.3, 0.4) is 0 Å². The minimum atomic E-state index is -1.07. The van der Waals surface area contributed by atoms with Gasteiger partial charge in [0.1, 0.15) is 0 Å². The van der Waals surface area contributed by atoms with Gasteiger partial charge in [-0.15, -0.1) is 0 Å². The van der Waals surface area contributed by atoms with Crippen molar-refractivity contribution in [1.82, 2.24) is 0 Å². The molecule has 0 saturated carbocycles. The van der Waals surface area contributed by atoms with Crippen molar-refractivity contribution < 1.29 is 24.2 Å². The van der Waals surface area contributed by atoms with Crippen molar-refractivity contribution in [2.75, 3.05) is 0 Å². The SMILES string of the molecule is CCCCCCCCCC(=O)OC(=O)CCC(=O)O. The van der Waals surface area contributed by atoms with E-state index < -0.39 is 17.9 Å². The molecule has 5 nitrogen and oxygen atoms in total. The molecule has 0 aromatic rings. The highest BCUT2D eigenvalue weighted by molar-refractivity contribution is 5.86. The average Bonchev–Trinajstić information content (AvgIpc) is 2.35. The fourth-order valence-electron chi connectivity index (χ4n) is 1.66. The lowest BCUT2D eigenvalue weighted by atomic mass is 10.1. The number of aliphatic carboxylic acids is 1. The molecule has 0 fully saturated rings. The Morgan fingerprint density at radius 1 is 0.789 bits per heavy atom. The summed E-state index contributed by atoms with van der Waals surface area (Å²) < 4.78 is 4.50. The van der Waals surface area contributed by atoms with Crippen LogP contribution in [-0.2, 0) is 19.1 Å². The first-order valence-corrected chi connectivity index (χ1v) is 7.01. The van der Waals surface area contributed by atoms with E-state index >= 15 is 0 Å². The van der Waals surface area contributed by atoms with Gasteiger partial charge in [0.2, 0.25) is 0 Å². The number of carboxylic acid groups (broad SMARTS) is 1. The second kappa shape index (κ2) is 11.7. The lowest BCUT2D eigenvalue weighted by Crippen LogP contribution is -2.13. The zero-order chi connectivity index (χ0) is 14.5. The van der Waals surface area contributed by atoms with Gasteiger partial charge in [0.25, 0.3) is 0 Å². The van der Waals surface area contributed by atoms with Gasteiger partial charge in [-0.1, -0.05) is 45.4 Å². The van der Waals surface area contributed by atoms with Crippen LogP contribution in [-0.4, -0.2) is 23.0 Å². The fourth-order valence-corrected chi connectivity index (χ4v) is 1.66.